The van der Waals surface area contributed by atoms with E-state index < -0.39 is 12.0 Å². The van der Waals surface area contributed by atoms with Gasteiger partial charge >= 0.3 is 5.97 Å². The largest absolute Gasteiger partial charge is 0.497 e. The van der Waals surface area contributed by atoms with Crippen molar-refractivity contribution in [2.75, 3.05) is 20.8 Å². The zero-order valence-corrected chi connectivity index (χ0v) is 20.0. The van der Waals surface area contributed by atoms with Crippen molar-refractivity contribution in [3.8, 4) is 11.5 Å². The number of hydrogen-bond donors (Lipinski definition) is 0. The summed E-state index contributed by atoms with van der Waals surface area (Å²) >= 11 is 2.74. The summed E-state index contributed by atoms with van der Waals surface area (Å²) in [4.78, 5) is 32.4. The molecule has 1 aromatic carbocycles. The molecule has 0 unspecified atom stereocenters. The molecular weight excluding hydrogens is 460 g/mol. The Bertz CT molecular complexity index is 1410. The number of thiophene rings is 1. The van der Waals surface area contributed by atoms with Gasteiger partial charge in [0.05, 0.1) is 30.0 Å². The highest BCUT2D eigenvalue weighted by atomic mass is 32.1. The quantitative estimate of drug-likeness (QED) is 0.382. The second-order valence-electron chi connectivity index (χ2n) is 7.09. The Morgan fingerprint density at radius 1 is 1.27 bits per heavy atom. The van der Waals surface area contributed by atoms with Crippen molar-refractivity contribution in [2.24, 2.45) is 4.99 Å². The number of benzene rings is 1. The van der Waals surface area contributed by atoms with Crippen LogP contribution in [0.4, 0.5) is 0 Å². The van der Waals surface area contributed by atoms with Gasteiger partial charge in [0.2, 0.25) is 0 Å². The number of hydrogen-bond acceptors (Lipinski definition) is 8. The number of carbonyl (C=O) groups excluding carboxylic acids is 1. The van der Waals surface area contributed by atoms with Gasteiger partial charge < -0.3 is 14.2 Å². The Hall–Kier alpha value is -3.43. The first-order valence-corrected chi connectivity index (χ1v) is 11.7. The molecule has 4 rings (SSSR count). The minimum atomic E-state index is -0.613. The fourth-order valence-electron chi connectivity index (χ4n) is 3.59. The average Bonchev–Trinajstić information content (AvgIpc) is 3.45. The van der Waals surface area contributed by atoms with E-state index in [4.69, 9.17) is 14.2 Å². The van der Waals surface area contributed by atoms with E-state index in [2.05, 4.69) is 11.6 Å². The Balaban J connectivity index is 1.90. The van der Waals surface area contributed by atoms with E-state index in [1.54, 1.807) is 43.9 Å². The molecule has 0 amide bonds. The van der Waals surface area contributed by atoms with Crippen molar-refractivity contribution in [3.63, 3.8) is 0 Å². The molecule has 1 aliphatic heterocycles. The van der Waals surface area contributed by atoms with Crippen molar-refractivity contribution in [2.45, 2.75) is 13.0 Å². The number of allylic oxidation sites excluding steroid dienone is 1. The third-order valence-corrected chi connectivity index (χ3v) is 7.02. The van der Waals surface area contributed by atoms with Crippen molar-refractivity contribution in [3.05, 3.63) is 89.8 Å². The molecule has 0 saturated heterocycles. The molecule has 0 aliphatic carbocycles. The van der Waals surface area contributed by atoms with Gasteiger partial charge in [-0.3, -0.25) is 9.36 Å². The Kier molecular flexibility index (Phi) is 6.62. The molecule has 1 atom stereocenters. The molecule has 2 aromatic heterocycles. The van der Waals surface area contributed by atoms with Crippen LogP contribution >= 0.6 is 22.7 Å². The standard InChI is InChI=1S/C24H22N2O5S2/c1-5-10-31-23(28)20-14(2)25-24-26(21(20)18-7-6-11-32-18)22(27)19(33-24)12-15-8-9-16(29-3)13-17(15)30-4/h5-9,11-13,21H,1,10H2,2-4H3/b19-12+/t21-/m1/s1. The van der Waals surface area contributed by atoms with Crippen LogP contribution in [0.15, 0.2) is 69.4 Å². The molecule has 0 saturated carbocycles. The number of carbonyl (C=O) groups is 1. The van der Waals surface area contributed by atoms with Crippen molar-refractivity contribution in [1.82, 2.24) is 4.57 Å². The lowest BCUT2D eigenvalue weighted by atomic mass is 10.0. The van der Waals surface area contributed by atoms with E-state index >= 15 is 0 Å². The fourth-order valence-corrected chi connectivity index (χ4v) is 5.45. The van der Waals surface area contributed by atoms with Gasteiger partial charge in [0.15, 0.2) is 4.80 Å². The number of nitrogens with zero attached hydrogens (tertiary/aromatic N) is 2. The number of thiazole rings is 1. The van der Waals surface area contributed by atoms with E-state index in [1.807, 2.05) is 23.6 Å². The van der Waals surface area contributed by atoms with E-state index in [9.17, 15) is 9.59 Å². The molecule has 0 N–H and O–H groups in total. The lowest BCUT2D eigenvalue weighted by Crippen LogP contribution is -2.39. The lowest BCUT2D eigenvalue weighted by Gasteiger charge is -2.23. The second-order valence-corrected chi connectivity index (χ2v) is 9.08. The maximum Gasteiger partial charge on any atom is 0.338 e. The first kappa shape index (κ1) is 22.8. The fraction of sp³-hybridized carbons (Fsp3) is 0.208. The molecule has 1 aliphatic rings. The maximum atomic E-state index is 13.6. The van der Waals surface area contributed by atoms with Crippen LogP contribution in [-0.4, -0.2) is 31.4 Å². The molecule has 170 valence electrons. The van der Waals surface area contributed by atoms with Gasteiger partial charge in [-0.2, -0.15) is 0 Å². The molecule has 0 bridgehead atoms. The first-order chi connectivity index (χ1) is 16.0. The van der Waals surface area contributed by atoms with Crippen molar-refractivity contribution in [1.29, 1.82) is 0 Å². The molecule has 0 fully saturated rings. The Labute approximate surface area is 198 Å². The van der Waals surface area contributed by atoms with Crippen LogP contribution in [0.5, 0.6) is 11.5 Å². The summed E-state index contributed by atoms with van der Waals surface area (Å²) in [5.41, 5.74) is 1.37. The molecule has 0 spiro atoms. The minimum Gasteiger partial charge on any atom is -0.497 e. The molecule has 7 nitrogen and oxygen atoms in total. The molecule has 3 aromatic rings. The summed E-state index contributed by atoms with van der Waals surface area (Å²) in [5.74, 6) is 0.724. The van der Waals surface area contributed by atoms with Gasteiger partial charge in [-0.05, 0) is 36.6 Å². The van der Waals surface area contributed by atoms with E-state index in [1.165, 1.54) is 28.7 Å². The SMILES string of the molecule is C=CCOC(=O)C1=C(C)N=c2s/c(=C/c3ccc(OC)cc3OC)c(=O)n2[C@@H]1c1cccs1. The van der Waals surface area contributed by atoms with Crippen LogP contribution < -0.4 is 24.4 Å². The second kappa shape index (κ2) is 9.60. The normalized spacial score (nSPS) is 15.6. The van der Waals surface area contributed by atoms with Crippen molar-refractivity contribution < 1.29 is 19.0 Å². The number of rotatable bonds is 7. The number of methoxy groups -OCH3 is 2. The van der Waals surface area contributed by atoms with Crippen LogP contribution in [0.1, 0.15) is 23.4 Å². The smallest absolute Gasteiger partial charge is 0.338 e. The first-order valence-electron chi connectivity index (χ1n) is 10.0. The van der Waals surface area contributed by atoms with Gasteiger partial charge in [-0.25, -0.2) is 9.79 Å². The lowest BCUT2D eigenvalue weighted by molar-refractivity contribution is -0.138. The summed E-state index contributed by atoms with van der Waals surface area (Å²) in [6.45, 7) is 5.43. The molecule has 3 heterocycles. The predicted octanol–water partition coefficient (Wildman–Crippen LogP) is 3.04. The van der Waals surface area contributed by atoms with Gasteiger partial charge in [0.1, 0.15) is 24.1 Å². The Morgan fingerprint density at radius 2 is 2.09 bits per heavy atom. The highest BCUT2D eigenvalue weighted by Gasteiger charge is 2.33. The van der Waals surface area contributed by atoms with Gasteiger partial charge in [0, 0.05) is 16.5 Å². The third kappa shape index (κ3) is 4.29. The van der Waals surface area contributed by atoms with Crippen LogP contribution in [0.3, 0.4) is 0 Å². The number of aromatic nitrogens is 1. The number of fused-ring (bicyclic) bond motifs is 1. The number of ether oxygens (including phenoxy) is 3. The van der Waals surface area contributed by atoms with Crippen LogP contribution in [-0.2, 0) is 9.53 Å². The molecule has 0 radical (unpaired) electrons. The highest BCUT2D eigenvalue weighted by Crippen LogP contribution is 2.33. The maximum absolute atomic E-state index is 13.6. The van der Waals surface area contributed by atoms with Crippen LogP contribution in [0.25, 0.3) is 6.08 Å². The van der Waals surface area contributed by atoms with Crippen LogP contribution in [0, 0.1) is 0 Å². The summed E-state index contributed by atoms with van der Waals surface area (Å²) in [5, 5.41) is 1.91. The molecule has 9 heteroatoms. The van der Waals surface area contributed by atoms with Crippen molar-refractivity contribution >= 4 is 34.7 Å². The van der Waals surface area contributed by atoms with Gasteiger partial charge in [0.25, 0.3) is 5.56 Å². The zero-order chi connectivity index (χ0) is 23.5. The third-order valence-electron chi connectivity index (χ3n) is 5.11. The monoisotopic (exact) mass is 482 g/mol. The minimum absolute atomic E-state index is 0.0778. The zero-order valence-electron chi connectivity index (χ0n) is 18.4. The van der Waals surface area contributed by atoms with E-state index in [0.717, 1.165) is 10.4 Å². The highest BCUT2D eigenvalue weighted by molar-refractivity contribution is 7.10. The Morgan fingerprint density at radius 3 is 2.76 bits per heavy atom. The molecule has 33 heavy (non-hydrogen) atoms. The predicted molar refractivity (Wildman–Crippen MR) is 129 cm³/mol. The topological polar surface area (TPSA) is 79.1 Å². The van der Waals surface area contributed by atoms with E-state index in [0.29, 0.717) is 32.1 Å². The number of esters is 1. The summed E-state index contributed by atoms with van der Waals surface area (Å²) in [6, 6.07) is 8.57. The van der Waals surface area contributed by atoms with E-state index in [-0.39, 0.29) is 12.2 Å². The summed E-state index contributed by atoms with van der Waals surface area (Å²) < 4.78 is 18.1. The average molecular weight is 483 g/mol. The van der Waals surface area contributed by atoms with Crippen LogP contribution in [0.2, 0.25) is 0 Å². The van der Waals surface area contributed by atoms with Gasteiger partial charge in [-0.15, -0.1) is 11.3 Å². The molecular formula is C24H22N2O5S2. The van der Waals surface area contributed by atoms with Gasteiger partial charge in [-0.1, -0.05) is 30.1 Å². The summed E-state index contributed by atoms with van der Waals surface area (Å²) in [6.07, 6.45) is 3.27. The summed E-state index contributed by atoms with van der Waals surface area (Å²) in [7, 11) is 3.14.